The minimum absolute atomic E-state index is 0.00848. The van der Waals surface area contributed by atoms with Crippen molar-refractivity contribution < 1.29 is 33.0 Å². The van der Waals surface area contributed by atoms with Gasteiger partial charge >= 0.3 is 10.2 Å². The van der Waals surface area contributed by atoms with Gasteiger partial charge in [-0.05, 0) is 66.3 Å². The first-order valence-electron chi connectivity index (χ1n) is 16.4. The third-order valence-electron chi connectivity index (χ3n) is 8.39. The Kier molecular flexibility index (Phi) is 6.78. The first kappa shape index (κ1) is 24.7. The molecule has 2 amide bonds. The Balaban J connectivity index is 1.67. The monoisotopic (exact) mass is 610 g/mol. The summed E-state index contributed by atoms with van der Waals surface area (Å²) in [5, 5.41) is 0.642. The van der Waals surface area contributed by atoms with Crippen LogP contribution in [0.2, 0.25) is 0 Å². The summed E-state index contributed by atoms with van der Waals surface area (Å²) in [6.07, 6.45) is 1.92. The normalized spacial score (nSPS) is 24.2. The molecular weight excluding hydrogens is 568 g/mol. The second-order valence-electron chi connectivity index (χ2n) is 11.1. The highest BCUT2D eigenvalue weighted by molar-refractivity contribution is 7.87. The first-order valence-corrected chi connectivity index (χ1v) is 15.8. The molecule has 0 atom stereocenters. The standard InChI is InChI=1S/C32H38N4O6S/c1-34-13-15-42-16-14-35(2)43(39,40)33-31(37)22-9-11-27-28(19-22)36-20-24(32(34)38)17-23-18-25(41-3)10-12-26(23)30(36)29(27)21-7-5-4-6-8-21/h9-12,17-19,21H,4-8,13-16,20H2,1-3H3,(H,33,37)/i4D2,20D2. The van der Waals surface area contributed by atoms with E-state index in [0.717, 1.165) is 9.87 Å². The van der Waals surface area contributed by atoms with E-state index in [2.05, 4.69) is 4.72 Å². The van der Waals surface area contributed by atoms with Gasteiger partial charge in [0.15, 0.2) is 0 Å². The largest absolute Gasteiger partial charge is 0.497 e. The highest BCUT2D eigenvalue weighted by Crippen LogP contribution is 2.47. The molecule has 0 spiro atoms. The first-order chi connectivity index (χ1) is 22.1. The van der Waals surface area contributed by atoms with E-state index < -0.39 is 34.9 Å². The number of fused-ring (bicyclic) bond motifs is 4. The number of amides is 2. The Morgan fingerprint density at radius 2 is 1.81 bits per heavy atom. The zero-order chi connectivity index (χ0) is 33.9. The lowest BCUT2D eigenvalue weighted by Crippen LogP contribution is -2.42. The van der Waals surface area contributed by atoms with E-state index in [1.54, 1.807) is 31.3 Å². The molecular formula is C32H38N4O6S. The molecule has 228 valence electrons. The van der Waals surface area contributed by atoms with E-state index in [9.17, 15) is 20.7 Å². The summed E-state index contributed by atoms with van der Waals surface area (Å²) in [5.74, 6) is -1.08. The topological polar surface area (TPSA) is 110 Å². The summed E-state index contributed by atoms with van der Waals surface area (Å²) in [6.45, 7) is -2.29. The van der Waals surface area contributed by atoms with Crippen molar-refractivity contribution in [3.05, 3.63) is 58.7 Å². The number of carbonyl (C=O) groups excluding carboxylic acids is 2. The number of hydrogen-bond donors (Lipinski definition) is 1. The number of nitrogens with one attached hydrogen (secondary N) is 1. The molecule has 3 heterocycles. The summed E-state index contributed by atoms with van der Waals surface area (Å²) < 4.78 is 77.6. The van der Waals surface area contributed by atoms with Crippen LogP contribution in [0.5, 0.6) is 5.75 Å². The number of nitrogens with zero attached hydrogens (tertiary/aromatic N) is 3. The Hall–Kier alpha value is -3.67. The summed E-state index contributed by atoms with van der Waals surface area (Å²) >= 11 is 0. The van der Waals surface area contributed by atoms with Crippen LogP contribution in [-0.2, 0) is 26.2 Å². The number of rotatable bonds is 2. The fraction of sp³-hybridized carbons (Fsp3) is 0.438. The van der Waals surface area contributed by atoms with Gasteiger partial charge in [-0.3, -0.25) is 9.59 Å². The van der Waals surface area contributed by atoms with Crippen LogP contribution in [0.3, 0.4) is 0 Å². The molecule has 0 unspecified atom stereocenters. The molecule has 2 aromatic carbocycles. The van der Waals surface area contributed by atoms with Crippen molar-refractivity contribution in [2.24, 2.45) is 0 Å². The number of carbonyl (C=O) groups is 2. The third kappa shape index (κ3) is 5.57. The van der Waals surface area contributed by atoms with Crippen molar-refractivity contribution in [1.29, 1.82) is 0 Å². The Morgan fingerprint density at radius 3 is 2.58 bits per heavy atom. The van der Waals surface area contributed by atoms with E-state index in [4.69, 9.17) is 12.2 Å². The quantitative estimate of drug-likeness (QED) is 0.467. The van der Waals surface area contributed by atoms with Crippen molar-refractivity contribution in [1.82, 2.24) is 18.5 Å². The predicted octanol–water partition coefficient (Wildman–Crippen LogP) is 4.16. The van der Waals surface area contributed by atoms with Crippen molar-refractivity contribution in [3.63, 3.8) is 0 Å². The summed E-state index contributed by atoms with van der Waals surface area (Å²) in [7, 11) is 0.181. The molecule has 2 aliphatic heterocycles. The predicted molar refractivity (Wildman–Crippen MR) is 165 cm³/mol. The van der Waals surface area contributed by atoms with Gasteiger partial charge in [-0.25, -0.2) is 4.72 Å². The van der Waals surface area contributed by atoms with Gasteiger partial charge in [0.05, 0.1) is 35.3 Å². The van der Waals surface area contributed by atoms with Gasteiger partial charge in [0, 0.05) is 57.5 Å². The lowest BCUT2D eigenvalue weighted by Gasteiger charge is -2.24. The van der Waals surface area contributed by atoms with Crippen LogP contribution >= 0.6 is 0 Å². The summed E-state index contributed by atoms with van der Waals surface area (Å²) in [5.41, 5.74) is 2.68. The minimum atomic E-state index is -4.23. The Labute approximate surface area is 258 Å². The van der Waals surface area contributed by atoms with E-state index in [1.807, 2.05) is 6.07 Å². The minimum Gasteiger partial charge on any atom is -0.497 e. The maximum atomic E-state index is 14.1. The fourth-order valence-corrected chi connectivity index (χ4v) is 6.78. The van der Waals surface area contributed by atoms with Gasteiger partial charge in [-0.1, -0.05) is 25.3 Å². The molecule has 11 heteroatoms. The molecule has 0 saturated heterocycles. The molecule has 1 aliphatic carbocycles. The average molecular weight is 611 g/mol. The zero-order valence-electron chi connectivity index (χ0n) is 28.5. The number of likely N-dealkylation sites (N-methyl/N-ethyl adjacent to an activating group) is 2. The van der Waals surface area contributed by atoms with Crippen molar-refractivity contribution in [3.8, 4) is 17.0 Å². The fourth-order valence-electron chi connectivity index (χ4n) is 5.96. The lowest BCUT2D eigenvalue weighted by atomic mass is 9.81. The van der Waals surface area contributed by atoms with Gasteiger partial charge in [0.2, 0.25) is 0 Å². The smallest absolute Gasteiger partial charge is 0.303 e. The maximum Gasteiger partial charge on any atom is 0.303 e. The zero-order valence-corrected chi connectivity index (χ0v) is 25.3. The van der Waals surface area contributed by atoms with E-state index in [0.29, 0.717) is 59.2 Å². The number of aromatic nitrogens is 1. The second kappa shape index (κ2) is 11.8. The molecule has 1 saturated carbocycles. The van der Waals surface area contributed by atoms with E-state index in [1.165, 1.54) is 35.8 Å². The summed E-state index contributed by atoms with van der Waals surface area (Å²) in [6, 6.07) is 10.0. The van der Waals surface area contributed by atoms with E-state index in [-0.39, 0.29) is 43.4 Å². The van der Waals surface area contributed by atoms with E-state index >= 15 is 0 Å². The van der Waals surface area contributed by atoms with Gasteiger partial charge in [0.1, 0.15) is 5.75 Å². The van der Waals surface area contributed by atoms with Gasteiger partial charge < -0.3 is 18.9 Å². The van der Waals surface area contributed by atoms with Gasteiger partial charge in [-0.15, -0.1) is 0 Å². The van der Waals surface area contributed by atoms with Crippen LogP contribution in [-0.4, -0.2) is 81.5 Å². The van der Waals surface area contributed by atoms with Crippen LogP contribution in [0.1, 0.15) is 64.9 Å². The Bertz CT molecular complexity index is 1900. The molecule has 1 aromatic heterocycles. The van der Waals surface area contributed by atoms with Crippen molar-refractivity contribution >= 4 is 39.0 Å². The molecule has 1 N–H and O–H groups in total. The third-order valence-corrected chi connectivity index (χ3v) is 9.84. The SMILES string of the molecule is [2H]C1([2H])CCC(c2c3n4c5cc(ccc25)C(=O)NS(=O)(=O)N(C)CCOCCN(C)C(=O)C(=Cc2cc(OC)ccc2-3)C4([2H])[2H])CC1. The summed E-state index contributed by atoms with van der Waals surface area (Å²) in [4.78, 5) is 28.9. The molecule has 10 nitrogen and oxygen atoms in total. The average Bonchev–Trinajstić information content (AvgIpc) is 3.32. The highest BCUT2D eigenvalue weighted by Gasteiger charge is 2.31. The molecule has 1 fully saturated rings. The highest BCUT2D eigenvalue weighted by atomic mass is 32.2. The van der Waals surface area contributed by atoms with Crippen LogP contribution in [0, 0.1) is 0 Å². The Morgan fingerprint density at radius 1 is 1.05 bits per heavy atom. The lowest BCUT2D eigenvalue weighted by molar-refractivity contribution is -0.126. The molecule has 3 aliphatic rings. The van der Waals surface area contributed by atoms with Gasteiger partial charge in [-0.2, -0.15) is 12.7 Å². The van der Waals surface area contributed by atoms with Crippen LogP contribution in [0.4, 0.5) is 0 Å². The molecule has 0 radical (unpaired) electrons. The molecule has 3 aromatic rings. The molecule has 6 rings (SSSR count). The molecule has 43 heavy (non-hydrogen) atoms. The van der Waals surface area contributed by atoms with Crippen LogP contribution in [0.25, 0.3) is 28.2 Å². The van der Waals surface area contributed by atoms with Crippen molar-refractivity contribution in [2.75, 3.05) is 47.5 Å². The van der Waals surface area contributed by atoms with Gasteiger partial charge in [0.25, 0.3) is 11.8 Å². The maximum absolute atomic E-state index is 14.1. The number of ether oxygens (including phenoxy) is 2. The number of benzene rings is 2. The van der Waals surface area contributed by atoms with Crippen LogP contribution in [0.15, 0.2) is 42.0 Å². The number of hydrogen-bond acceptors (Lipinski definition) is 6. The van der Waals surface area contributed by atoms with Crippen molar-refractivity contribution in [2.45, 2.75) is 44.5 Å². The number of methoxy groups -OCH3 is 1. The van der Waals surface area contributed by atoms with Crippen LogP contribution < -0.4 is 9.46 Å². The molecule has 4 bridgehead atoms. The second-order valence-corrected chi connectivity index (χ2v) is 12.9.